The topological polar surface area (TPSA) is 79.5 Å². The molecule has 0 saturated carbocycles. The van der Waals surface area contributed by atoms with Crippen molar-refractivity contribution in [1.82, 2.24) is 0 Å². The standard InChI is InChI=1S/C11H11NO4/c1-3-16-11(14)9-8(13)5-4-7(6-12)10(9)15-2/h4-5,13H,3H2,1-2H3. The van der Waals surface area contributed by atoms with Crippen LogP contribution in [0, 0.1) is 11.3 Å². The fraction of sp³-hybridized carbons (Fsp3) is 0.273. The molecule has 0 atom stereocenters. The van der Waals surface area contributed by atoms with E-state index in [9.17, 15) is 9.90 Å². The van der Waals surface area contributed by atoms with Crippen LogP contribution < -0.4 is 4.74 Å². The van der Waals surface area contributed by atoms with E-state index in [0.717, 1.165) is 0 Å². The molecule has 5 nitrogen and oxygen atoms in total. The third kappa shape index (κ3) is 2.06. The third-order valence-corrected chi connectivity index (χ3v) is 1.94. The van der Waals surface area contributed by atoms with Crippen molar-refractivity contribution >= 4 is 5.97 Å². The molecule has 1 aromatic carbocycles. The molecule has 0 bridgehead atoms. The van der Waals surface area contributed by atoms with Crippen LogP contribution in [0.1, 0.15) is 22.8 Å². The largest absolute Gasteiger partial charge is 0.507 e. The highest BCUT2D eigenvalue weighted by atomic mass is 16.5. The van der Waals surface area contributed by atoms with Gasteiger partial charge < -0.3 is 14.6 Å². The highest BCUT2D eigenvalue weighted by molar-refractivity contribution is 5.96. The first-order valence-electron chi connectivity index (χ1n) is 4.62. The second kappa shape index (κ2) is 5.03. The molecule has 0 unspecified atom stereocenters. The van der Waals surface area contributed by atoms with E-state index in [4.69, 9.17) is 14.7 Å². The fourth-order valence-electron chi connectivity index (χ4n) is 1.27. The Hall–Kier alpha value is -2.22. The maximum absolute atomic E-state index is 11.5. The monoisotopic (exact) mass is 221 g/mol. The van der Waals surface area contributed by atoms with Crippen molar-refractivity contribution in [2.75, 3.05) is 13.7 Å². The first-order valence-corrected chi connectivity index (χ1v) is 4.62. The molecule has 0 aliphatic rings. The van der Waals surface area contributed by atoms with E-state index in [0.29, 0.717) is 0 Å². The number of hydrogen-bond acceptors (Lipinski definition) is 5. The van der Waals surface area contributed by atoms with E-state index in [-0.39, 0.29) is 29.2 Å². The highest BCUT2D eigenvalue weighted by Crippen LogP contribution is 2.31. The van der Waals surface area contributed by atoms with E-state index < -0.39 is 5.97 Å². The van der Waals surface area contributed by atoms with E-state index in [2.05, 4.69) is 0 Å². The van der Waals surface area contributed by atoms with E-state index >= 15 is 0 Å². The molecular weight excluding hydrogens is 210 g/mol. The van der Waals surface area contributed by atoms with Crippen LogP contribution >= 0.6 is 0 Å². The molecule has 84 valence electrons. The second-order valence-electron chi connectivity index (χ2n) is 2.87. The quantitative estimate of drug-likeness (QED) is 0.781. The van der Waals surface area contributed by atoms with Crippen LogP contribution in [0.5, 0.6) is 11.5 Å². The van der Waals surface area contributed by atoms with Gasteiger partial charge in [0.25, 0.3) is 0 Å². The number of hydrogen-bond donors (Lipinski definition) is 1. The number of ether oxygens (including phenoxy) is 2. The molecular formula is C11H11NO4. The average Bonchev–Trinajstić information content (AvgIpc) is 2.28. The first-order chi connectivity index (χ1) is 7.65. The van der Waals surface area contributed by atoms with Crippen molar-refractivity contribution < 1.29 is 19.4 Å². The number of phenols is 1. The number of carbonyl (C=O) groups excluding carboxylic acids is 1. The van der Waals surface area contributed by atoms with Gasteiger partial charge in [0.15, 0.2) is 5.75 Å². The Balaban J connectivity index is 3.35. The lowest BCUT2D eigenvalue weighted by molar-refractivity contribution is 0.0519. The lowest BCUT2D eigenvalue weighted by atomic mass is 10.1. The Morgan fingerprint density at radius 3 is 2.75 bits per heavy atom. The molecule has 0 spiro atoms. The van der Waals surface area contributed by atoms with Crippen molar-refractivity contribution in [3.63, 3.8) is 0 Å². The molecule has 0 amide bonds. The van der Waals surface area contributed by atoms with Crippen LogP contribution in [0.25, 0.3) is 0 Å². The van der Waals surface area contributed by atoms with Crippen LogP contribution in [-0.4, -0.2) is 24.8 Å². The molecule has 1 rings (SSSR count). The van der Waals surface area contributed by atoms with Gasteiger partial charge in [-0.1, -0.05) is 0 Å². The minimum absolute atomic E-state index is 0.0287. The summed E-state index contributed by atoms with van der Waals surface area (Å²) < 4.78 is 9.69. The second-order valence-corrected chi connectivity index (χ2v) is 2.87. The van der Waals surface area contributed by atoms with Crippen molar-refractivity contribution in [2.24, 2.45) is 0 Å². The Kier molecular flexibility index (Phi) is 3.72. The summed E-state index contributed by atoms with van der Waals surface area (Å²) in [5.74, 6) is -0.954. The first kappa shape index (κ1) is 11.9. The molecule has 0 saturated heterocycles. The molecule has 0 heterocycles. The predicted molar refractivity (Wildman–Crippen MR) is 55.3 cm³/mol. The normalized spacial score (nSPS) is 9.31. The summed E-state index contributed by atoms with van der Waals surface area (Å²) in [6, 6.07) is 4.50. The molecule has 0 fully saturated rings. The molecule has 1 aromatic rings. The fourth-order valence-corrected chi connectivity index (χ4v) is 1.27. The maximum atomic E-state index is 11.5. The number of rotatable bonds is 3. The lowest BCUT2D eigenvalue weighted by Gasteiger charge is -2.10. The third-order valence-electron chi connectivity index (χ3n) is 1.94. The van der Waals surface area contributed by atoms with Crippen molar-refractivity contribution in [2.45, 2.75) is 6.92 Å². The summed E-state index contributed by atoms with van der Waals surface area (Å²) >= 11 is 0. The van der Waals surface area contributed by atoms with Crippen molar-refractivity contribution in [3.8, 4) is 17.6 Å². The van der Waals surface area contributed by atoms with E-state index in [1.165, 1.54) is 19.2 Å². The summed E-state index contributed by atoms with van der Waals surface area (Å²) in [4.78, 5) is 11.5. The van der Waals surface area contributed by atoms with Crippen LogP contribution in [0.2, 0.25) is 0 Å². The maximum Gasteiger partial charge on any atom is 0.345 e. The minimum Gasteiger partial charge on any atom is -0.507 e. The zero-order chi connectivity index (χ0) is 12.1. The smallest absolute Gasteiger partial charge is 0.345 e. The molecule has 0 aliphatic carbocycles. The summed E-state index contributed by atoms with van der Waals surface area (Å²) in [7, 11) is 1.32. The Bertz CT molecular complexity index is 448. The Morgan fingerprint density at radius 2 is 2.25 bits per heavy atom. The average molecular weight is 221 g/mol. The summed E-state index contributed by atoms with van der Waals surface area (Å²) in [5.41, 5.74) is 0.0479. The van der Waals surface area contributed by atoms with Crippen molar-refractivity contribution in [3.05, 3.63) is 23.3 Å². The molecule has 16 heavy (non-hydrogen) atoms. The minimum atomic E-state index is -0.714. The number of phenolic OH excluding ortho intramolecular Hbond substituents is 1. The van der Waals surface area contributed by atoms with Gasteiger partial charge in [0, 0.05) is 0 Å². The predicted octanol–water partition coefficient (Wildman–Crippen LogP) is 1.45. The Morgan fingerprint density at radius 1 is 1.56 bits per heavy atom. The van der Waals surface area contributed by atoms with Gasteiger partial charge >= 0.3 is 5.97 Å². The van der Waals surface area contributed by atoms with E-state index in [1.807, 2.05) is 6.07 Å². The van der Waals surface area contributed by atoms with Crippen LogP contribution in [-0.2, 0) is 4.74 Å². The van der Waals surface area contributed by atoms with E-state index in [1.54, 1.807) is 6.92 Å². The van der Waals surface area contributed by atoms with Gasteiger partial charge in [-0.25, -0.2) is 4.79 Å². The number of carbonyl (C=O) groups is 1. The van der Waals surface area contributed by atoms with Crippen LogP contribution in [0.4, 0.5) is 0 Å². The van der Waals surface area contributed by atoms with Crippen LogP contribution in [0.3, 0.4) is 0 Å². The zero-order valence-corrected chi connectivity index (χ0v) is 8.98. The molecule has 0 radical (unpaired) electrons. The number of nitriles is 1. The van der Waals surface area contributed by atoms with Gasteiger partial charge in [-0.05, 0) is 19.1 Å². The van der Waals surface area contributed by atoms with Crippen molar-refractivity contribution in [1.29, 1.82) is 5.26 Å². The summed E-state index contributed by atoms with van der Waals surface area (Å²) in [6.07, 6.45) is 0. The van der Waals surface area contributed by atoms with Gasteiger partial charge in [0.2, 0.25) is 0 Å². The lowest BCUT2D eigenvalue weighted by Crippen LogP contribution is -2.08. The van der Waals surface area contributed by atoms with Gasteiger partial charge in [-0.3, -0.25) is 0 Å². The number of benzene rings is 1. The number of aromatic hydroxyl groups is 1. The summed E-state index contributed by atoms with van der Waals surface area (Å²) in [6.45, 7) is 1.83. The Labute approximate surface area is 92.8 Å². The number of esters is 1. The molecule has 5 heteroatoms. The van der Waals surface area contributed by atoms with Gasteiger partial charge in [-0.15, -0.1) is 0 Å². The van der Waals surface area contributed by atoms with Crippen LogP contribution in [0.15, 0.2) is 12.1 Å². The zero-order valence-electron chi connectivity index (χ0n) is 8.98. The van der Waals surface area contributed by atoms with Gasteiger partial charge in [-0.2, -0.15) is 5.26 Å². The van der Waals surface area contributed by atoms with Gasteiger partial charge in [0.05, 0.1) is 19.3 Å². The molecule has 1 N–H and O–H groups in total. The molecule has 0 aromatic heterocycles. The summed E-state index contributed by atoms with van der Waals surface area (Å²) in [5, 5.41) is 18.4. The number of methoxy groups -OCH3 is 1. The highest BCUT2D eigenvalue weighted by Gasteiger charge is 2.21. The SMILES string of the molecule is CCOC(=O)c1c(O)ccc(C#N)c1OC. The number of nitrogens with zero attached hydrogens (tertiary/aromatic N) is 1. The molecule has 0 aliphatic heterocycles. The van der Waals surface area contributed by atoms with Gasteiger partial charge in [0.1, 0.15) is 17.4 Å².